The fourth-order valence-corrected chi connectivity index (χ4v) is 3.10. The van der Waals surface area contributed by atoms with Gasteiger partial charge in [-0.3, -0.25) is 0 Å². The van der Waals surface area contributed by atoms with Gasteiger partial charge in [0.2, 0.25) is 0 Å². The van der Waals surface area contributed by atoms with Crippen molar-refractivity contribution in [3.63, 3.8) is 0 Å². The van der Waals surface area contributed by atoms with Gasteiger partial charge in [0.05, 0.1) is 10.6 Å². The highest BCUT2D eigenvalue weighted by molar-refractivity contribution is 7.91. The third-order valence-electron chi connectivity index (χ3n) is 2.72. The van der Waals surface area contributed by atoms with E-state index in [1.165, 1.54) is 0 Å². The molecule has 0 aromatic heterocycles. The highest BCUT2D eigenvalue weighted by Crippen LogP contribution is 2.13. The first kappa shape index (κ1) is 14.2. The van der Waals surface area contributed by atoms with Gasteiger partial charge in [-0.25, -0.2) is 8.42 Å². The average Bonchev–Trinajstić information content (AvgIpc) is 2.35. The zero-order valence-electron chi connectivity index (χ0n) is 10.1. The summed E-state index contributed by atoms with van der Waals surface area (Å²) in [5.74, 6) is 0.250. The van der Waals surface area contributed by atoms with Crippen molar-refractivity contribution in [2.45, 2.75) is 37.0 Å². The molecule has 1 aromatic carbocycles. The molecule has 0 unspecified atom stereocenters. The molecule has 4 heteroatoms. The maximum atomic E-state index is 11.9. The van der Waals surface area contributed by atoms with E-state index in [1.54, 1.807) is 24.3 Å². The summed E-state index contributed by atoms with van der Waals surface area (Å²) in [5, 5.41) is 0. The normalized spacial score (nSPS) is 11.6. The number of hydrogen-bond donors (Lipinski definition) is 1. The molecule has 0 saturated heterocycles. The Labute approximate surface area is 104 Å². The molecule has 0 aliphatic heterocycles. The first-order chi connectivity index (χ1) is 8.17. The van der Waals surface area contributed by atoms with Crippen molar-refractivity contribution in [2.75, 3.05) is 12.3 Å². The second kappa shape index (κ2) is 7.45. The Balaban J connectivity index is 2.31. The van der Waals surface area contributed by atoms with E-state index in [2.05, 4.69) is 0 Å². The molecular weight excluding hydrogens is 234 g/mol. The third-order valence-corrected chi connectivity index (χ3v) is 4.54. The summed E-state index contributed by atoms with van der Waals surface area (Å²) in [4.78, 5) is 0.432. The third kappa shape index (κ3) is 5.33. The second-order valence-corrected chi connectivity index (χ2v) is 6.30. The molecule has 0 heterocycles. The highest BCUT2D eigenvalue weighted by Gasteiger charge is 2.12. The van der Waals surface area contributed by atoms with Gasteiger partial charge in [-0.1, -0.05) is 37.5 Å². The monoisotopic (exact) mass is 255 g/mol. The number of nitrogens with two attached hydrogens (primary N) is 1. The molecule has 0 bridgehead atoms. The Morgan fingerprint density at radius 3 is 2.12 bits per heavy atom. The van der Waals surface area contributed by atoms with Gasteiger partial charge >= 0.3 is 0 Å². The first-order valence-corrected chi connectivity index (χ1v) is 7.80. The molecule has 96 valence electrons. The van der Waals surface area contributed by atoms with Gasteiger partial charge in [0.1, 0.15) is 0 Å². The smallest absolute Gasteiger partial charge is 0.178 e. The van der Waals surface area contributed by atoms with Crippen molar-refractivity contribution in [1.82, 2.24) is 0 Å². The topological polar surface area (TPSA) is 60.2 Å². The average molecular weight is 255 g/mol. The number of unbranched alkanes of at least 4 members (excludes halogenated alkanes) is 4. The Bertz CT molecular complexity index is 401. The van der Waals surface area contributed by atoms with E-state index in [9.17, 15) is 8.42 Å². The van der Waals surface area contributed by atoms with Crippen LogP contribution in [0.25, 0.3) is 0 Å². The van der Waals surface area contributed by atoms with E-state index >= 15 is 0 Å². The van der Waals surface area contributed by atoms with Crippen LogP contribution in [0.1, 0.15) is 32.1 Å². The largest absolute Gasteiger partial charge is 0.330 e. The molecule has 0 saturated carbocycles. The van der Waals surface area contributed by atoms with E-state index < -0.39 is 9.84 Å². The lowest BCUT2D eigenvalue weighted by atomic mass is 10.2. The Morgan fingerprint density at radius 2 is 1.47 bits per heavy atom. The maximum absolute atomic E-state index is 11.9. The van der Waals surface area contributed by atoms with Crippen LogP contribution in [0.2, 0.25) is 0 Å². The summed E-state index contributed by atoms with van der Waals surface area (Å²) in [6.45, 7) is 0.725. The van der Waals surface area contributed by atoms with Crippen molar-refractivity contribution in [1.29, 1.82) is 0 Å². The van der Waals surface area contributed by atoms with Crippen molar-refractivity contribution >= 4 is 9.84 Å². The Kier molecular flexibility index (Phi) is 6.22. The number of hydrogen-bond acceptors (Lipinski definition) is 3. The predicted molar refractivity (Wildman–Crippen MR) is 70.6 cm³/mol. The summed E-state index contributed by atoms with van der Waals surface area (Å²) >= 11 is 0. The van der Waals surface area contributed by atoms with Crippen LogP contribution in [0.15, 0.2) is 35.2 Å². The van der Waals surface area contributed by atoms with Gasteiger partial charge in [0.15, 0.2) is 9.84 Å². The summed E-state index contributed by atoms with van der Waals surface area (Å²) in [6, 6.07) is 8.65. The lowest BCUT2D eigenvalue weighted by Crippen LogP contribution is -2.06. The molecular formula is C13H21NO2S. The quantitative estimate of drug-likeness (QED) is 0.725. The minimum Gasteiger partial charge on any atom is -0.330 e. The highest BCUT2D eigenvalue weighted by atomic mass is 32.2. The van der Waals surface area contributed by atoms with E-state index in [-0.39, 0.29) is 5.75 Å². The molecule has 0 spiro atoms. The van der Waals surface area contributed by atoms with Crippen LogP contribution < -0.4 is 5.73 Å². The number of sulfone groups is 1. The van der Waals surface area contributed by atoms with Crippen molar-refractivity contribution in [3.8, 4) is 0 Å². The molecule has 3 nitrogen and oxygen atoms in total. The van der Waals surface area contributed by atoms with Gasteiger partial charge in [0.25, 0.3) is 0 Å². The fraction of sp³-hybridized carbons (Fsp3) is 0.538. The van der Waals surface area contributed by atoms with E-state index in [0.717, 1.165) is 38.6 Å². The standard InChI is InChI=1S/C13H21NO2S/c14-11-7-2-1-3-8-12-17(15,16)13-9-5-4-6-10-13/h4-6,9-10H,1-3,7-8,11-12,14H2. The van der Waals surface area contributed by atoms with Crippen molar-refractivity contribution in [2.24, 2.45) is 5.73 Å². The zero-order valence-corrected chi connectivity index (χ0v) is 11.0. The van der Waals surface area contributed by atoms with E-state index in [1.807, 2.05) is 6.07 Å². The summed E-state index contributed by atoms with van der Waals surface area (Å²) in [7, 11) is -3.08. The Hall–Kier alpha value is -0.870. The van der Waals surface area contributed by atoms with E-state index in [4.69, 9.17) is 5.73 Å². The van der Waals surface area contributed by atoms with Crippen LogP contribution in [-0.4, -0.2) is 20.7 Å². The van der Waals surface area contributed by atoms with Crippen LogP contribution in [0.5, 0.6) is 0 Å². The first-order valence-electron chi connectivity index (χ1n) is 6.15. The van der Waals surface area contributed by atoms with Crippen LogP contribution in [0.4, 0.5) is 0 Å². The SMILES string of the molecule is NCCCCCCCS(=O)(=O)c1ccccc1. The molecule has 0 aliphatic carbocycles. The second-order valence-electron chi connectivity index (χ2n) is 4.19. The van der Waals surface area contributed by atoms with Gasteiger partial charge in [-0.05, 0) is 31.5 Å². The lowest BCUT2D eigenvalue weighted by molar-refractivity contribution is 0.585. The van der Waals surface area contributed by atoms with Crippen LogP contribution in [-0.2, 0) is 9.84 Å². The predicted octanol–water partition coefficient (Wildman–Crippen LogP) is 2.37. The van der Waals surface area contributed by atoms with Gasteiger partial charge in [-0.15, -0.1) is 0 Å². The van der Waals surface area contributed by atoms with E-state index in [0.29, 0.717) is 4.90 Å². The Morgan fingerprint density at radius 1 is 0.882 bits per heavy atom. The zero-order chi connectivity index (χ0) is 12.6. The molecule has 1 rings (SSSR count). The summed E-state index contributed by atoms with van der Waals surface area (Å²) in [5.41, 5.74) is 5.39. The minimum atomic E-state index is -3.08. The van der Waals surface area contributed by atoms with Gasteiger partial charge in [0, 0.05) is 0 Å². The number of rotatable bonds is 8. The molecule has 0 fully saturated rings. The summed E-state index contributed by atoms with van der Waals surface area (Å²) in [6.07, 6.45) is 4.91. The van der Waals surface area contributed by atoms with Crippen LogP contribution in [0.3, 0.4) is 0 Å². The van der Waals surface area contributed by atoms with Crippen molar-refractivity contribution in [3.05, 3.63) is 30.3 Å². The van der Waals surface area contributed by atoms with Gasteiger partial charge < -0.3 is 5.73 Å². The van der Waals surface area contributed by atoms with Crippen LogP contribution >= 0.6 is 0 Å². The molecule has 0 aliphatic rings. The molecule has 17 heavy (non-hydrogen) atoms. The summed E-state index contributed by atoms with van der Waals surface area (Å²) < 4.78 is 23.8. The molecule has 0 atom stereocenters. The maximum Gasteiger partial charge on any atom is 0.178 e. The van der Waals surface area contributed by atoms with Crippen molar-refractivity contribution < 1.29 is 8.42 Å². The lowest BCUT2D eigenvalue weighted by Gasteiger charge is -2.04. The van der Waals surface area contributed by atoms with Crippen LogP contribution in [0, 0.1) is 0 Å². The molecule has 0 amide bonds. The fourth-order valence-electron chi connectivity index (χ4n) is 1.71. The molecule has 2 N–H and O–H groups in total. The van der Waals surface area contributed by atoms with Gasteiger partial charge in [-0.2, -0.15) is 0 Å². The minimum absolute atomic E-state index is 0.250. The molecule has 0 radical (unpaired) electrons. The number of benzene rings is 1. The molecule has 1 aromatic rings.